The molecule has 1 heterocycles. The number of nitrogen functional groups attached to an aromatic ring is 1. The van der Waals surface area contributed by atoms with E-state index in [9.17, 15) is 8.78 Å². The maximum Gasteiger partial charge on any atom is 0.258 e. The lowest BCUT2D eigenvalue weighted by molar-refractivity contribution is 0.216. The molecule has 0 aliphatic heterocycles. The summed E-state index contributed by atoms with van der Waals surface area (Å²) < 4.78 is 32.4. The first kappa shape index (κ1) is 14.2. The Bertz CT molecular complexity index is 647. The van der Waals surface area contributed by atoms with E-state index >= 15 is 0 Å². The summed E-state index contributed by atoms with van der Waals surface area (Å²) in [6, 6.07) is 2.08. The highest BCUT2D eigenvalue weighted by atomic mass is 19.1. The topological polar surface area (TPSA) is 61.0 Å². The van der Waals surface area contributed by atoms with Crippen LogP contribution in [0.25, 0.3) is 0 Å². The van der Waals surface area contributed by atoms with Gasteiger partial charge in [-0.15, -0.1) is 0 Å². The number of anilines is 1. The van der Waals surface area contributed by atoms with E-state index in [1.165, 1.54) is 12.3 Å². The number of hydrogen-bond donors (Lipinski definition) is 1. The first-order chi connectivity index (χ1) is 9.38. The number of aryl methyl sites for hydroxylation is 1. The maximum atomic E-state index is 13.5. The Kier molecular flexibility index (Phi) is 3.83. The van der Waals surface area contributed by atoms with Gasteiger partial charge in [0.05, 0.1) is 11.9 Å². The van der Waals surface area contributed by atoms with Gasteiger partial charge in [-0.25, -0.2) is 18.7 Å². The molecule has 0 bridgehead atoms. The van der Waals surface area contributed by atoms with E-state index in [1.54, 1.807) is 20.8 Å². The first-order valence-corrected chi connectivity index (χ1v) is 6.09. The number of halogens is 2. The van der Waals surface area contributed by atoms with Crippen LogP contribution >= 0.6 is 0 Å². The van der Waals surface area contributed by atoms with Gasteiger partial charge in [-0.2, -0.15) is 0 Å². The summed E-state index contributed by atoms with van der Waals surface area (Å²) in [6.45, 7) is 4.98. The number of benzene rings is 1. The third kappa shape index (κ3) is 2.84. The Hall–Kier alpha value is -2.24. The smallest absolute Gasteiger partial charge is 0.258 e. The Morgan fingerprint density at radius 1 is 1.25 bits per heavy atom. The third-order valence-corrected chi connectivity index (χ3v) is 2.96. The molecule has 1 atom stereocenters. The number of aromatic nitrogens is 2. The Balaban J connectivity index is 2.33. The van der Waals surface area contributed by atoms with Gasteiger partial charge < -0.3 is 10.5 Å². The highest BCUT2D eigenvalue weighted by Crippen LogP contribution is 2.27. The molecule has 2 aromatic rings. The Morgan fingerprint density at radius 3 is 2.65 bits per heavy atom. The molecule has 0 amide bonds. The van der Waals surface area contributed by atoms with Gasteiger partial charge in [0.1, 0.15) is 17.7 Å². The van der Waals surface area contributed by atoms with Crippen molar-refractivity contribution in [2.24, 2.45) is 0 Å². The first-order valence-electron chi connectivity index (χ1n) is 6.09. The van der Waals surface area contributed by atoms with Crippen molar-refractivity contribution >= 4 is 5.82 Å². The van der Waals surface area contributed by atoms with Crippen LogP contribution in [0.2, 0.25) is 0 Å². The van der Waals surface area contributed by atoms with E-state index in [-0.39, 0.29) is 11.7 Å². The van der Waals surface area contributed by atoms with Gasteiger partial charge in [-0.1, -0.05) is 0 Å². The van der Waals surface area contributed by atoms with Crippen LogP contribution in [0, 0.1) is 25.5 Å². The average molecular weight is 279 g/mol. The fraction of sp³-hybridized carbons (Fsp3) is 0.286. The molecule has 106 valence electrons. The number of ether oxygens (including phenoxy) is 1. The minimum atomic E-state index is -0.651. The second-order valence-electron chi connectivity index (χ2n) is 4.56. The summed E-state index contributed by atoms with van der Waals surface area (Å²) in [6.07, 6.45) is 0.915. The van der Waals surface area contributed by atoms with E-state index in [1.807, 2.05) is 0 Å². The van der Waals surface area contributed by atoms with Crippen LogP contribution < -0.4 is 10.5 Å². The lowest BCUT2D eigenvalue weighted by atomic mass is 10.0. The molecule has 0 aliphatic rings. The zero-order chi connectivity index (χ0) is 14.9. The van der Waals surface area contributed by atoms with Crippen LogP contribution in [-0.2, 0) is 0 Å². The van der Waals surface area contributed by atoms with E-state index in [4.69, 9.17) is 10.5 Å². The molecule has 0 saturated carbocycles. The number of nitrogens with two attached hydrogens (primary N) is 1. The van der Waals surface area contributed by atoms with Crippen LogP contribution in [0.15, 0.2) is 18.3 Å². The highest BCUT2D eigenvalue weighted by Gasteiger charge is 2.17. The van der Waals surface area contributed by atoms with E-state index in [2.05, 4.69) is 9.97 Å². The van der Waals surface area contributed by atoms with Crippen LogP contribution in [0.5, 0.6) is 5.88 Å². The fourth-order valence-electron chi connectivity index (χ4n) is 1.87. The van der Waals surface area contributed by atoms with Gasteiger partial charge in [0, 0.05) is 11.6 Å². The largest absolute Gasteiger partial charge is 0.467 e. The van der Waals surface area contributed by atoms with Crippen molar-refractivity contribution in [2.75, 3.05) is 5.73 Å². The molecular weight excluding hydrogens is 264 g/mol. The fourth-order valence-corrected chi connectivity index (χ4v) is 1.87. The van der Waals surface area contributed by atoms with E-state index < -0.39 is 17.7 Å². The monoisotopic (exact) mass is 279 g/mol. The van der Waals surface area contributed by atoms with Crippen molar-refractivity contribution in [1.29, 1.82) is 0 Å². The number of hydrogen-bond acceptors (Lipinski definition) is 4. The zero-order valence-corrected chi connectivity index (χ0v) is 11.4. The molecule has 4 nitrogen and oxygen atoms in total. The molecule has 1 unspecified atom stereocenters. The van der Waals surface area contributed by atoms with Crippen molar-refractivity contribution in [3.05, 3.63) is 46.8 Å². The SMILES string of the molecule is Cc1cnc(N)c(OC(C)c2cc(F)cc(F)c2C)n1. The maximum absolute atomic E-state index is 13.5. The molecule has 6 heteroatoms. The van der Waals surface area contributed by atoms with Gasteiger partial charge in [0.2, 0.25) is 0 Å². The second kappa shape index (κ2) is 5.40. The van der Waals surface area contributed by atoms with Crippen LogP contribution in [-0.4, -0.2) is 9.97 Å². The Labute approximate surface area is 115 Å². The van der Waals surface area contributed by atoms with Gasteiger partial charge in [-0.05, 0) is 32.4 Å². The van der Waals surface area contributed by atoms with Crippen molar-refractivity contribution < 1.29 is 13.5 Å². The summed E-state index contributed by atoms with van der Waals surface area (Å²) in [5.74, 6) is -0.973. The Morgan fingerprint density at radius 2 is 1.95 bits per heavy atom. The summed E-state index contributed by atoms with van der Waals surface area (Å²) in [5.41, 5.74) is 7.05. The lowest BCUT2D eigenvalue weighted by Crippen LogP contribution is -2.10. The predicted octanol–water partition coefficient (Wildman–Crippen LogP) is 3.09. The molecule has 2 N–H and O–H groups in total. The minimum absolute atomic E-state index is 0.136. The molecule has 0 radical (unpaired) electrons. The lowest BCUT2D eigenvalue weighted by Gasteiger charge is -2.17. The normalized spacial score (nSPS) is 12.2. The molecule has 0 spiro atoms. The highest BCUT2D eigenvalue weighted by molar-refractivity contribution is 5.41. The molecule has 20 heavy (non-hydrogen) atoms. The summed E-state index contributed by atoms with van der Waals surface area (Å²) in [5, 5.41) is 0. The zero-order valence-electron chi connectivity index (χ0n) is 11.4. The predicted molar refractivity (Wildman–Crippen MR) is 71.3 cm³/mol. The van der Waals surface area contributed by atoms with Gasteiger partial charge in [0.25, 0.3) is 5.88 Å². The van der Waals surface area contributed by atoms with Crippen LogP contribution in [0.4, 0.5) is 14.6 Å². The van der Waals surface area contributed by atoms with E-state index in [0.29, 0.717) is 16.8 Å². The minimum Gasteiger partial charge on any atom is -0.467 e. The van der Waals surface area contributed by atoms with E-state index in [0.717, 1.165) is 6.07 Å². The molecule has 2 rings (SSSR count). The molecule has 0 aliphatic carbocycles. The van der Waals surface area contributed by atoms with Crippen molar-refractivity contribution in [3.63, 3.8) is 0 Å². The van der Waals surface area contributed by atoms with Crippen molar-refractivity contribution in [2.45, 2.75) is 26.9 Å². The van der Waals surface area contributed by atoms with Gasteiger partial charge in [0.15, 0.2) is 5.82 Å². The standard InChI is InChI=1S/C14H15F2N3O/c1-7-6-18-13(17)14(19-7)20-9(3)11-4-10(15)5-12(16)8(11)2/h4-6,9H,1-3H3,(H2,17,18). The number of rotatable bonds is 3. The van der Waals surface area contributed by atoms with Gasteiger partial charge in [-0.3, -0.25) is 0 Å². The summed E-state index contributed by atoms with van der Waals surface area (Å²) >= 11 is 0. The van der Waals surface area contributed by atoms with Crippen molar-refractivity contribution in [3.8, 4) is 5.88 Å². The number of nitrogens with zero attached hydrogens (tertiary/aromatic N) is 2. The van der Waals surface area contributed by atoms with Gasteiger partial charge >= 0.3 is 0 Å². The molecule has 1 aromatic heterocycles. The average Bonchev–Trinajstić information content (AvgIpc) is 2.38. The van der Waals surface area contributed by atoms with Crippen molar-refractivity contribution in [1.82, 2.24) is 9.97 Å². The third-order valence-electron chi connectivity index (χ3n) is 2.96. The van der Waals surface area contributed by atoms with Crippen LogP contribution in [0.3, 0.4) is 0 Å². The summed E-state index contributed by atoms with van der Waals surface area (Å²) in [7, 11) is 0. The quantitative estimate of drug-likeness (QED) is 0.937. The molecular formula is C14H15F2N3O. The molecule has 0 fully saturated rings. The molecule has 0 saturated heterocycles. The summed E-state index contributed by atoms with van der Waals surface area (Å²) in [4.78, 5) is 8.04. The molecule has 1 aromatic carbocycles. The second-order valence-corrected chi connectivity index (χ2v) is 4.56. The van der Waals surface area contributed by atoms with Crippen LogP contribution in [0.1, 0.15) is 29.8 Å².